The van der Waals surface area contributed by atoms with Crippen LogP contribution in [-0.4, -0.2) is 16.7 Å². The Kier molecular flexibility index (Phi) is 4.19. The zero-order chi connectivity index (χ0) is 17.1. The van der Waals surface area contributed by atoms with Gasteiger partial charge in [0.25, 0.3) is 0 Å². The third-order valence-corrected chi connectivity index (χ3v) is 4.05. The molecule has 0 aliphatic rings. The van der Waals surface area contributed by atoms with Crippen molar-refractivity contribution >= 4 is 22.5 Å². The predicted molar refractivity (Wildman–Crippen MR) is 100.0 cm³/mol. The van der Waals surface area contributed by atoms with Crippen LogP contribution >= 0.6 is 0 Å². The van der Waals surface area contributed by atoms with Crippen LogP contribution in [0.15, 0.2) is 77.2 Å². The molecule has 0 fully saturated rings. The quantitative estimate of drug-likeness (QED) is 0.553. The molecule has 0 spiro atoms. The highest BCUT2D eigenvalue weighted by atomic mass is 16.3. The van der Waals surface area contributed by atoms with E-state index in [-0.39, 0.29) is 6.61 Å². The van der Waals surface area contributed by atoms with Crippen LogP contribution in [0.25, 0.3) is 22.6 Å². The lowest BCUT2D eigenvalue weighted by Gasteiger charge is -2.07. The number of hydrogen-bond donors (Lipinski definition) is 2. The Morgan fingerprint density at radius 1 is 0.880 bits per heavy atom. The first-order valence-electron chi connectivity index (χ1n) is 8.25. The average molecular weight is 330 g/mol. The van der Waals surface area contributed by atoms with E-state index in [0.29, 0.717) is 12.3 Å². The number of nitrogens with zero attached hydrogens (tertiary/aromatic N) is 1. The van der Waals surface area contributed by atoms with Crippen LogP contribution in [0.2, 0.25) is 0 Å². The van der Waals surface area contributed by atoms with Crippen molar-refractivity contribution in [3.63, 3.8) is 0 Å². The average Bonchev–Trinajstić information content (AvgIpc) is 3.08. The van der Waals surface area contributed by atoms with Crippen molar-refractivity contribution in [1.82, 2.24) is 4.98 Å². The molecule has 0 aliphatic carbocycles. The Bertz CT molecular complexity index is 976. The molecule has 0 amide bonds. The number of benzene rings is 3. The fraction of sp³-hybridized carbons (Fsp3) is 0.0952. The fourth-order valence-corrected chi connectivity index (χ4v) is 2.76. The molecule has 1 heterocycles. The van der Waals surface area contributed by atoms with Gasteiger partial charge in [-0.15, -0.1) is 0 Å². The second-order valence-electron chi connectivity index (χ2n) is 5.86. The molecule has 25 heavy (non-hydrogen) atoms. The predicted octanol–water partition coefficient (Wildman–Crippen LogP) is 4.77. The van der Waals surface area contributed by atoms with E-state index in [1.807, 2.05) is 72.8 Å². The fourth-order valence-electron chi connectivity index (χ4n) is 2.76. The molecular formula is C21H18N2O2. The summed E-state index contributed by atoms with van der Waals surface area (Å²) in [6, 6.07) is 23.8. The topological polar surface area (TPSA) is 58.3 Å². The van der Waals surface area contributed by atoms with Gasteiger partial charge in [0.2, 0.25) is 5.89 Å². The molecular weight excluding hydrogens is 312 g/mol. The molecule has 3 aromatic carbocycles. The maximum Gasteiger partial charge on any atom is 0.227 e. The van der Waals surface area contributed by atoms with E-state index in [4.69, 9.17) is 9.52 Å². The maximum atomic E-state index is 8.98. The van der Waals surface area contributed by atoms with Crippen molar-refractivity contribution in [2.75, 3.05) is 11.9 Å². The van der Waals surface area contributed by atoms with E-state index < -0.39 is 0 Å². The Morgan fingerprint density at radius 2 is 1.64 bits per heavy atom. The third-order valence-electron chi connectivity index (χ3n) is 4.05. The van der Waals surface area contributed by atoms with Gasteiger partial charge in [0.15, 0.2) is 5.58 Å². The van der Waals surface area contributed by atoms with E-state index >= 15 is 0 Å². The first-order valence-corrected chi connectivity index (χ1v) is 8.25. The van der Waals surface area contributed by atoms with Gasteiger partial charge in [-0.2, -0.15) is 0 Å². The third kappa shape index (κ3) is 3.39. The first kappa shape index (κ1) is 15.4. The minimum atomic E-state index is 0.166. The molecule has 0 bridgehead atoms. The smallest absolute Gasteiger partial charge is 0.227 e. The summed E-state index contributed by atoms with van der Waals surface area (Å²) < 4.78 is 5.84. The second kappa shape index (κ2) is 6.79. The molecule has 0 aliphatic heterocycles. The molecule has 0 atom stereocenters. The Balaban J connectivity index is 1.58. The monoisotopic (exact) mass is 330 g/mol. The van der Waals surface area contributed by atoms with Gasteiger partial charge in [0.1, 0.15) is 5.52 Å². The number of aliphatic hydroxyl groups excluding tert-OH is 1. The van der Waals surface area contributed by atoms with Crippen LogP contribution < -0.4 is 5.32 Å². The van der Waals surface area contributed by atoms with Crippen molar-refractivity contribution in [3.8, 4) is 11.5 Å². The normalized spacial score (nSPS) is 10.9. The lowest BCUT2D eigenvalue weighted by atomic mass is 10.1. The van der Waals surface area contributed by atoms with E-state index in [0.717, 1.165) is 33.6 Å². The van der Waals surface area contributed by atoms with E-state index in [9.17, 15) is 0 Å². The van der Waals surface area contributed by atoms with Gasteiger partial charge in [-0.25, -0.2) is 4.98 Å². The summed E-state index contributed by atoms with van der Waals surface area (Å²) in [5.41, 5.74) is 5.62. The minimum absolute atomic E-state index is 0.166. The van der Waals surface area contributed by atoms with E-state index in [1.165, 1.54) is 0 Å². The largest absolute Gasteiger partial charge is 0.436 e. The van der Waals surface area contributed by atoms with Crippen LogP contribution in [0.4, 0.5) is 11.4 Å². The number of aliphatic hydroxyl groups is 1. The van der Waals surface area contributed by atoms with Crippen LogP contribution in [0.3, 0.4) is 0 Å². The van der Waals surface area contributed by atoms with Crippen LogP contribution in [0.1, 0.15) is 5.56 Å². The lowest BCUT2D eigenvalue weighted by molar-refractivity contribution is 0.299. The molecule has 4 rings (SSSR count). The van der Waals surface area contributed by atoms with Gasteiger partial charge in [-0.05, 0) is 54.4 Å². The Labute approximate surface area is 145 Å². The van der Waals surface area contributed by atoms with Gasteiger partial charge in [-0.1, -0.05) is 30.3 Å². The van der Waals surface area contributed by atoms with E-state index in [2.05, 4.69) is 10.3 Å². The van der Waals surface area contributed by atoms with Gasteiger partial charge in [-0.3, -0.25) is 0 Å². The summed E-state index contributed by atoms with van der Waals surface area (Å²) in [6.07, 6.45) is 0.674. The summed E-state index contributed by atoms with van der Waals surface area (Å²) in [4.78, 5) is 4.59. The number of rotatable bonds is 5. The van der Waals surface area contributed by atoms with Crippen LogP contribution in [0, 0.1) is 0 Å². The second-order valence-corrected chi connectivity index (χ2v) is 5.86. The first-order chi connectivity index (χ1) is 12.3. The van der Waals surface area contributed by atoms with Gasteiger partial charge in [0, 0.05) is 23.5 Å². The highest BCUT2D eigenvalue weighted by Gasteiger charge is 2.08. The molecule has 1 aromatic heterocycles. The van der Waals surface area contributed by atoms with Gasteiger partial charge in [0.05, 0.1) is 0 Å². The van der Waals surface area contributed by atoms with Crippen molar-refractivity contribution < 1.29 is 9.52 Å². The zero-order valence-corrected chi connectivity index (χ0v) is 13.6. The number of oxazole rings is 1. The zero-order valence-electron chi connectivity index (χ0n) is 13.6. The molecule has 4 nitrogen and oxygen atoms in total. The molecule has 124 valence electrons. The molecule has 0 saturated heterocycles. The van der Waals surface area contributed by atoms with E-state index in [1.54, 1.807) is 0 Å². The summed E-state index contributed by atoms with van der Waals surface area (Å²) >= 11 is 0. The lowest BCUT2D eigenvalue weighted by Crippen LogP contribution is -1.93. The highest BCUT2D eigenvalue weighted by molar-refractivity contribution is 5.81. The van der Waals surface area contributed by atoms with Gasteiger partial charge >= 0.3 is 0 Å². The van der Waals surface area contributed by atoms with Crippen molar-refractivity contribution in [2.45, 2.75) is 6.42 Å². The Hall–Kier alpha value is -3.11. The summed E-state index contributed by atoms with van der Waals surface area (Å²) in [6.45, 7) is 0.166. The standard InChI is InChI=1S/C21H18N2O2/c24-13-12-15-6-8-17(9-7-15)22-18-10-11-20-19(14-18)23-21(25-20)16-4-2-1-3-5-16/h1-11,14,22,24H,12-13H2. The molecule has 0 unspecified atom stereocenters. The van der Waals surface area contributed by atoms with Gasteiger partial charge < -0.3 is 14.8 Å². The van der Waals surface area contributed by atoms with Crippen LogP contribution in [0.5, 0.6) is 0 Å². The van der Waals surface area contributed by atoms with Crippen molar-refractivity contribution in [2.24, 2.45) is 0 Å². The number of anilines is 2. The number of fused-ring (bicyclic) bond motifs is 1. The van der Waals surface area contributed by atoms with Crippen molar-refractivity contribution in [3.05, 3.63) is 78.4 Å². The summed E-state index contributed by atoms with van der Waals surface area (Å²) in [7, 11) is 0. The summed E-state index contributed by atoms with van der Waals surface area (Å²) in [5.74, 6) is 0.626. The SMILES string of the molecule is OCCc1ccc(Nc2ccc3oc(-c4ccccc4)nc3c2)cc1. The number of aromatic nitrogens is 1. The summed E-state index contributed by atoms with van der Waals surface area (Å²) in [5, 5.41) is 12.3. The minimum Gasteiger partial charge on any atom is -0.436 e. The molecule has 4 aromatic rings. The molecule has 4 heteroatoms. The molecule has 2 N–H and O–H groups in total. The van der Waals surface area contributed by atoms with Crippen LogP contribution in [-0.2, 0) is 6.42 Å². The Morgan fingerprint density at radius 3 is 2.40 bits per heavy atom. The number of hydrogen-bond acceptors (Lipinski definition) is 4. The molecule has 0 radical (unpaired) electrons. The molecule has 0 saturated carbocycles. The maximum absolute atomic E-state index is 8.98. The highest BCUT2D eigenvalue weighted by Crippen LogP contribution is 2.27. The number of nitrogens with one attached hydrogen (secondary N) is 1. The van der Waals surface area contributed by atoms with Crippen molar-refractivity contribution in [1.29, 1.82) is 0 Å².